The van der Waals surface area contributed by atoms with Crippen LogP contribution < -0.4 is 0 Å². The van der Waals surface area contributed by atoms with E-state index in [0.717, 1.165) is 12.0 Å². The van der Waals surface area contributed by atoms with Crippen molar-refractivity contribution in [3.05, 3.63) is 48.7 Å². The first kappa shape index (κ1) is 12.8. The highest BCUT2D eigenvalue weighted by Gasteiger charge is 2.22. The minimum Gasteiger partial charge on any atom is -0.373 e. The number of allylic oxidation sites excluding steroid dienone is 4. The Morgan fingerprint density at radius 3 is 2.25 bits per heavy atom. The maximum absolute atomic E-state index is 3.86. The molecule has 16 heavy (non-hydrogen) atoms. The first-order chi connectivity index (χ1) is 7.37. The van der Waals surface area contributed by atoms with Crippen molar-refractivity contribution < 1.29 is 0 Å². The van der Waals surface area contributed by atoms with Gasteiger partial charge in [0, 0.05) is 19.3 Å². The molecule has 1 heteroatoms. The average Bonchev–Trinajstić information content (AvgIpc) is 2.18. The van der Waals surface area contributed by atoms with Gasteiger partial charge in [-0.3, -0.25) is 0 Å². The topological polar surface area (TPSA) is 3.24 Å². The van der Waals surface area contributed by atoms with Gasteiger partial charge >= 0.3 is 0 Å². The van der Waals surface area contributed by atoms with Crippen molar-refractivity contribution in [2.75, 3.05) is 7.05 Å². The SMILES string of the molecule is C=CC1=CC(CC(C)(C)C)N(C)C=C1C=C. The first-order valence-electron chi connectivity index (χ1n) is 5.78. The van der Waals surface area contributed by atoms with Gasteiger partial charge in [-0.05, 0) is 23.0 Å². The van der Waals surface area contributed by atoms with Gasteiger partial charge in [-0.2, -0.15) is 0 Å². The summed E-state index contributed by atoms with van der Waals surface area (Å²) in [6.07, 6.45) is 9.38. The molecule has 0 saturated heterocycles. The molecule has 0 N–H and O–H groups in total. The van der Waals surface area contributed by atoms with Gasteiger partial charge in [-0.15, -0.1) is 0 Å². The molecule has 0 aromatic carbocycles. The Labute approximate surface area is 99.8 Å². The van der Waals surface area contributed by atoms with Gasteiger partial charge in [-0.1, -0.05) is 52.2 Å². The van der Waals surface area contributed by atoms with Crippen LogP contribution in [0.3, 0.4) is 0 Å². The molecule has 0 bridgehead atoms. The van der Waals surface area contributed by atoms with E-state index in [1.807, 2.05) is 12.2 Å². The van der Waals surface area contributed by atoms with E-state index in [9.17, 15) is 0 Å². The second-order valence-electron chi connectivity index (χ2n) is 5.61. The van der Waals surface area contributed by atoms with Gasteiger partial charge in [0.05, 0.1) is 0 Å². The number of hydrogen-bond donors (Lipinski definition) is 0. The van der Waals surface area contributed by atoms with Crippen molar-refractivity contribution in [2.45, 2.75) is 33.2 Å². The standard InChI is InChI=1S/C15H23N/c1-7-12-9-14(10-15(3,4)5)16(6)11-13(12)8-2/h7-9,11,14H,1-2,10H2,3-6H3. The lowest BCUT2D eigenvalue weighted by Crippen LogP contribution is -2.32. The van der Waals surface area contributed by atoms with Crippen molar-refractivity contribution in [3.8, 4) is 0 Å². The molecule has 88 valence electrons. The monoisotopic (exact) mass is 217 g/mol. The second kappa shape index (κ2) is 4.73. The second-order valence-corrected chi connectivity index (χ2v) is 5.61. The summed E-state index contributed by atoms with van der Waals surface area (Å²) in [6.45, 7) is 14.5. The Bertz CT molecular complexity index is 339. The summed E-state index contributed by atoms with van der Waals surface area (Å²) >= 11 is 0. The van der Waals surface area contributed by atoms with Crippen LogP contribution in [0.5, 0.6) is 0 Å². The number of likely N-dealkylation sites (N-methyl/N-ethyl adjacent to an activating group) is 1. The number of hydrogen-bond acceptors (Lipinski definition) is 1. The summed E-state index contributed by atoms with van der Waals surface area (Å²) in [6, 6.07) is 0.455. The smallest absolute Gasteiger partial charge is 0.0478 e. The third kappa shape index (κ3) is 3.13. The van der Waals surface area contributed by atoms with Gasteiger partial charge in [-0.25, -0.2) is 0 Å². The quantitative estimate of drug-likeness (QED) is 0.692. The summed E-state index contributed by atoms with van der Waals surface area (Å²) in [4.78, 5) is 2.26. The molecule has 1 aliphatic rings. The lowest BCUT2D eigenvalue weighted by atomic mass is 9.85. The zero-order valence-corrected chi connectivity index (χ0v) is 11.0. The molecule has 1 unspecified atom stereocenters. The van der Waals surface area contributed by atoms with E-state index in [1.165, 1.54) is 5.57 Å². The molecule has 1 atom stereocenters. The van der Waals surface area contributed by atoms with E-state index in [0.29, 0.717) is 11.5 Å². The molecule has 0 spiro atoms. The molecular weight excluding hydrogens is 194 g/mol. The summed E-state index contributed by atoms with van der Waals surface area (Å²) in [5.74, 6) is 0. The zero-order chi connectivity index (χ0) is 12.3. The van der Waals surface area contributed by atoms with Gasteiger partial charge in [0.25, 0.3) is 0 Å². The molecule has 0 aromatic heterocycles. The van der Waals surface area contributed by atoms with Crippen molar-refractivity contribution in [1.82, 2.24) is 4.90 Å². The fraction of sp³-hybridized carbons (Fsp3) is 0.467. The van der Waals surface area contributed by atoms with Crippen LogP contribution in [0, 0.1) is 5.41 Å². The lowest BCUT2D eigenvalue weighted by molar-refractivity contribution is 0.261. The van der Waals surface area contributed by atoms with Gasteiger partial charge in [0.15, 0.2) is 0 Å². The Hall–Kier alpha value is -1.24. The predicted octanol–water partition coefficient (Wildman–Crippen LogP) is 3.92. The molecule has 1 aliphatic heterocycles. The van der Waals surface area contributed by atoms with Crippen LogP contribution in [0.2, 0.25) is 0 Å². The molecule has 0 saturated carbocycles. The summed E-state index contributed by atoms with van der Waals surface area (Å²) < 4.78 is 0. The Kier molecular flexibility index (Phi) is 3.79. The van der Waals surface area contributed by atoms with Crippen LogP contribution in [-0.2, 0) is 0 Å². The summed E-state index contributed by atoms with van der Waals surface area (Å²) in [7, 11) is 2.12. The van der Waals surface area contributed by atoms with E-state index < -0.39 is 0 Å². The lowest BCUT2D eigenvalue weighted by Gasteiger charge is -2.34. The van der Waals surface area contributed by atoms with Crippen LogP contribution in [0.25, 0.3) is 0 Å². The van der Waals surface area contributed by atoms with E-state index in [2.05, 4.69) is 58.2 Å². The molecule has 0 amide bonds. The molecule has 1 heterocycles. The first-order valence-corrected chi connectivity index (χ1v) is 5.78. The highest BCUT2D eigenvalue weighted by molar-refractivity contribution is 5.47. The summed E-state index contributed by atoms with van der Waals surface area (Å²) in [5.41, 5.74) is 2.69. The molecule has 0 radical (unpaired) electrons. The fourth-order valence-electron chi connectivity index (χ4n) is 2.00. The normalized spacial score (nSPS) is 21.2. The zero-order valence-electron chi connectivity index (χ0n) is 11.0. The van der Waals surface area contributed by atoms with Crippen LogP contribution in [-0.4, -0.2) is 18.0 Å². The highest BCUT2D eigenvalue weighted by atomic mass is 15.1. The maximum Gasteiger partial charge on any atom is 0.0478 e. The van der Waals surface area contributed by atoms with E-state index in [4.69, 9.17) is 0 Å². The minimum atomic E-state index is 0.335. The Morgan fingerprint density at radius 2 is 1.81 bits per heavy atom. The van der Waals surface area contributed by atoms with Gasteiger partial charge in [0.2, 0.25) is 0 Å². The van der Waals surface area contributed by atoms with Crippen molar-refractivity contribution >= 4 is 0 Å². The van der Waals surface area contributed by atoms with E-state index in [-0.39, 0.29) is 0 Å². The molecular formula is C15H23N. The van der Waals surface area contributed by atoms with Crippen molar-refractivity contribution in [3.63, 3.8) is 0 Å². The van der Waals surface area contributed by atoms with Gasteiger partial charge < -0.3 is 4.90 Å². The maximum atomic E-state index is 3.86. The van der Waals surface area contributed by atoms with Crippen LogP contribution in [0.15, 0.2) is 48.7 Å². The Balaban J connectivity index is 2.92. The molecule has 1 nitrogen and oxygen atoms in total. The van der Waals surface area contributed by atoms with Crippen LogP contribution in [0.1, 0.15) is 27.2 Å². The largest absolute Gasteiger partial charge is 0.373 e. The fourth-order valence-corrected chi connectivity index (χ4v) is 2.00. The summed E-state index contributed by atoms with van der Waals surface area (Å²) in [5, 5.41) is 0. The predicted molar refractivity (Wildman–Crippen MR) is 72.2 cm³/mol. The van der Waals surface area contributed by atoms with Crippen molar-refractivity contribution in [1.29, 1.82) is 0 Å². The number of rotatable bonds is 3. The average molecular weight is 217 g/mol. The molecule has 0 fully saturated rings. The highest BCUT2D eigenvalue weighted by Crippen LogP contribution is 2.29. The van der Waals surface area contributed by atoms with Crippen LogP contribution in [0.4, 0.5) is 0 Å². The van der Waals surface area contributed by atoms with Crippen LogP contribution >= 0.6 is 0 Å². The van der Waals surface area contributed by atoms with Crippen molar-refractivity contribution in [2.24, 2.45) is 5.41 Å². The van der Waals surface area contributed by atoms with Gasteiger partial charge in [0.1, 0.15) is 0 Å². The molecule has 1 rings (SSSR count). The minimum absolute atomic E-state index is 0.335. The Morgan fingerprint density at radius 1 is 1.25 bits per heavy atom. The third-order valence-corrected chi connectivity index (χ3v) is 2.83. The number of nitrogens with zero attached hydrogens (tertiary/aromatic N) is 1. The van der Waals surface area contributed by atoms with E-state index in [1.54, 1.807) is 0 Å². The molecule has 0 aromatic rings. The molecule has 0 aliphatic carbocycles. The third-order valence-electron chi connectivity index (χ3n) is 2.83. The van der Waals surface area contributed by atoms with E-state index >= 15 is 0 Å².